The molecule has 0 aliphatic rings. The van der Waals surface area contributed by atoms with Crippen LogP contribution < -0.4 is 0 Å². The highest BCUT2D eigenvalue weighted by Crippen LogP contribution is 2.29. The van der Waals surface area contributed by atoms with E-state index in [1.165, 1.54) is 0 Å². The van der Waals surface area contributed by atoms with Gasteiger partial charge in [0, 0.05) is 6.42 Å². The van der Waals surface area contributed by atoms with Gasteiger partial charge in [-0.25, -0.2) is 0 Å². The van der Waals surface area contributed by atoms with Gasteiger partial charge in [0.25, 0.3) is 0 Å². The second-order valence-electron chi connectivity index (χ2n) is 6.04. The van der Waals surface area contributed by atoms with Crippen LogP contribution in [0.5, 0.6) is 0 Å². The maximum atomic E-state index is 14.7. The molecule has 21 heavy (non-hydrogen) atoms. The Hall–Kier alpha value is -0.320. The molecule has 1 unspecified atom stereocenters. The third-order valence-electron chi connectivity index (χ3n) is 4.13. The molecule has 0 aliphatic carbocycles. The van der Waals surface area contributed by atoms with E-state index in [2.05, 4.69) is 0 Å². The second-order valence-corrected chi connectivity index (χ2v) is 6.04. The molecule has 0 bridgehead atoms. The number of hydrogen-bond acceptors (Lipinski definition) is 0. The zero-order chi connectivity index (χ0) is 16.4. The van der Waals surface area contributed by atoms with E-state index in [-0.39, 0.29) is 4.48 Å². The SMILES string of the molecule is CCCC[N+](CCCC)(CCCC)C(F)CCC(F)(F)F. The number of rotatable bonds is 12. The van der Waals surface area contributed by atoms with Crippen molar-refractivity contribution < 1.29 is 22.0 Å². The molecular formula is C16H32F4N+. The number of halogens is 4. The summed E-state index contributed by atoms with van der Waals surface area (Å²) in [6.45, 7) is 8.10. The van der Waals surface area contributed by atoms with Crippen LogP contribution in [0.25, 0.3) is 0 Å². The van der Waals surface area contributed by atoms with E-state index >= 15 is 0 Å². The highest BCUT2D eigenvalue weighted by molar-refractivity contribution is 4.58. The molecule has 0 aromatic heterocycles. The molecule has 0 saturated carbocycles. The normalized spacial score (nSPS) is 14.4. The minimum Gasteiger partial charge on any atom is -0.295 e. The van der Waals surface area contributed by atoms with Crippen molar-refractivity contribution in [3.63, 3.8) is 0 Å². The molecule has 0 aromatic rings. The van der Waals surface area contributed by atoms with Crippen molar-refractivity contribution in [1.82, 2.24) is 0 Å². The van der Waals surface area contributed by atoms with E-state index in [4.69, 9.17) is 0 Å². The lowest BCUT2D eigenvalue weighted by molar-refractivity contribution is -0.966. The lowest BCUT2D eigenvalue weighted by Crippen LogP contribution is -2.55. The summed E-state index contributed by atoms with van der Waals surface area (Å²) >= 11 is 0. The Morgan fingerprint density at radius 2 is 1.19 bits per heavy atom. The number of quaternary nitrogens is 1. The summed E-state index contributed by atoms with van der Waals surface area (Å²) in [7, 11) is 0. The van der Waals surface area contributed by atoms with Crippen molar-refractivity contribution in [2.24, 2.45) is 0 Å². The van der Waals surface area contributed by atoms with Crippen LogP contribution in [0.15, 0.2) is 0 Å². The van der Waals surface area contributed by atoms with Crippen LogP contribution in [-0.2, 0) is 0 Å². The van der Waals surface area contributed by atoms with E-state index in [0.717, 1.165) is 38.5 Å². The molecule has 0 aromatic carbocycles. The van der Waals surface area contributed by atoms with Crippen LogP contribution in [0.3, 0.4) is 0 Å². The number of hydrogen-bond donors (Lipinski definition) is 0. The predicted molar refractivity (Wildman–Crippen MR) is 79.8 cm³/mol. The first-order valence-corrected chi connectivity index (χ1v) is 8.38. The Labute approximate surface area is 127 Å². The second kappa shape index (κ2) is 10.4. The largest absolute Gasteiger partial charge is 0.389 e. The average Bonchev–Trinajstić information content (AvgIpc) is 2.43. The summed E-state index contributed by atoms with van der Waals surface area (Å²) in [5.41, 5.74) is 0. The van der Waals surface area contributed by atoms with Crippen LogP contribution in [0.2, 0.25) is 0 Å². The highest BCUT2D eigenvalue weighted by atomic mass is 19.4. The average molecular weight is 314 g/mol. The van der Waals surface area contributed by atoms with Gasteiger partial charge in [0.15, 0.2) is 0 Å². The first-order chi connectivity index (χ1) is 9.81. The Bertz CT molecular complexity index is 231. The van der Waals surface area contributed by atoms with Gasteiger partial charge >= 0.3 is 6.18 Å². The van der Waals surface area contributed by atoms with Crippen LogP contribution in [0, 0.1) is 0 Å². The van der Waals surface area contributed by atoms with Crippen LogP contribution in [-0.4, -0.2) is 36.6 Å². The minimum absolute atomic E-state index is 0.228. The zero-order valence-corrected chi connectivity index (χ0v) is 13.8. The summed E-state index contributed by atoms with van der Waals surface area (Å²) in [5, 5.41) is 0. The summed E-state index contributed by atoms with van der Waals surface area (Å²) in [6, 6.07) is 0. The van der Waals surface area contributed by atoms with Gasteiger partial charge < -0.3 is 0 Å². The standard InChI is InChI=1S/C16H32F4N/c1-4-7-12-21(13-8-5-2,14-9-6-3)15(17)10-11-16(18,19)20/h15H,4-14H2,1-3H3/q+1. The van der Waals surface area contributed by atoms with Crippen molar-refractivity contribution in [3.05, 3.63) is 0 Å². The van der Waals surface area contributed by atoms with Crippen molar-refractivity contribution in [3.8, 4) is 0 Å². The smallest absolute Gasteiger partial charge is 0.295 e. The molecule has 0 N–H and O–H groups in total. The highest BCUT2D eigenvalue weighted by Gasteiger charge is 2.38. The van der Waals surface area contributed by atoms with Crippen LogP contribution in [0.1, 0.15) is 72.1 Å². The third kappa shape index (κ3) is 8.64. The summed E-state index contributed by atoms with van der Waals surface area (Å²) in [5.74, 6) is 0. The molecule has 0 radical (unpaired) electrons. The Morgan fingerprint density at radius 3 is 1.48 bits per heavy atom. The van der Waals surface area contributed by atoms with Gasteiger partial charge in [-0.3, -0.25) is 4.48 Å². The molecule has 128 valence electrons. The fourth-order valence-corrected chi connectivity index (χ4v) is 2.73. The van der Waals surface area contributed by atoms with E-state index in [1.54, 1.807) is 0 Å². The monoisotopic (exact) mass is 314 g/mol. The lowest BCUT2D eigenvalue weighted by Gasteiger charge is -2.41. The van der Waals surface area contributed by atoms with Gasteiger partial charge in [0.1, 0.15) is 0 Å². The molecule has 0 fully saturated rings. The molecular weight excluding hydrogens is 282 g/mol. The minimum atomic E-state index is -4.26. The van der Waals surface area contributed by atoms with Crippen molar-refractivity contribution in [2.75, 3.05) is 19.6 Å². The van der Waals surface area contributed by atoms with Crippen molar-refractivity contribution in [1.29, 1.82) is 0 Å². The molecule has 1 atom stereocenters. The van der Waals surface area contributed by atoms with Crippen LogP contribution in [0.4, 0.5) is 17.6 Å². The van der Waals surface area contributed by atoms with Gasteiger partial charge in [0.2, 0.25) is 6.30 Å². The summed E-state index contributed by atoms with van der Waals surface area (Å²) < 4.78 is 52.1. The fraction of sp³-hybridized carbons (Fsp3) is 1.00. The number of alkyl halides is 4. The molecule has 0 aliphatic heterocycles. The molecule has 0 saturated heterocycles. The Morgan fingerprint density at radius 1 is 0.810 bits per heavy atom. The number of unbranched alkanes of at least 4 members (excludes halogenated alkanes) is 3. The molecule has 5 heteroatoms. The van der Waals surface area contributed by atoms with Crippen LogP contribution >= 0.6 is 0 Å². The van der Waals surface area contributed by atoms with Gasteiger partial charge in [-0.15, -0.1) is 0 Å². The molecule has 0 heterocycles. The van der Waals surface area contributed by atoms with E-state index in [9.17, 15) is 17.6 Å². The fourth-order valence-electron chi connectivity index (χ4n) is 2.73. The Balaban J connectivity index is 4.90. The zero-order valence-electron chi connectivity index (χ0n) is 13.8. The van der Waals surface area contributed by atoms with Gasteiger partial charge in [-0.05, 0) is 19.3 Å². The van der Waals surface area contributed by atoms with Gasteiger partial charge in [0.05, 0.1) is 26.1 Å². The van der Waals surface area contributed by atoms with Crippen molar-refractivity contribution >= 4 is 0 Å². The Kier molecular flexibility index (Phi) is 10.3. The molecule has 0 rings (SSSR count). The lowest BCUT2D eigenvalue weighted by atomic mass is 10.1. The van der Waals surface area contributed by atoms with E-state index in [1.807, 2.05) is 20.8 Å². The molecule has 0 amide bonds. The van der Waals surface area contributed by atoms with Gasteiger partial charge in [-0.2, -0.15) is 17.6 Å². The maximum Gasteiger partial charge on any atom is 0.389 e. The van der Waals surface area contributed by atoms with Gasteiger partial charge in [-0.1, -0.05) is 40.0 Å². The predicted octanol–water partition coefficient (Wildman–Crippen LogP) is 5.84. The first kappa shape index (κ1) is 20.7. The summed E-state index contributed by atoms with van der Waals surface area (Å²) in [6.07, 6.45) is -1.60. The summed E-state index contributed by atoms with van der Waals surface area (Å²) in [4.78, 5) is 0. The molecule has 0 spiro atoms. The third-order valence-corrected chi connectivity index (χ3v) is 4.13. The quantitative estimate of drug-likeness (QED) is 0.241. The van der Waals surface area contributed by atoms with Crippen molar-refractivity contribution in [2.45, 2.75) is 84.6 Å². The first-order valence-electron chi connectivity index (χ1n) is 8.38. The maximum absolute atomic E-state index is 14.7. The van der Waals surface area contributed by atoms with E-state index in [0.29, 0.717) is 19.6 Å². The van der Waals surface area contributed by atoms with E-state index < -0.39 is 25.3 Å². The molecule has 1 nitrogen and oxygen atoms in total. The number of nitrogens with zero attached hydrogens (tertiary/aromatic N) is 1. The topological polar surface area (TPSA) is 0 Å².